The maximum absolute atomic E-state index is 5.37. The van der Waals surface area contributed by atoms with Gasteiger partial charge in [0.25, 0.3) is 0 Å². The molecule has 0 amide bonds. The summed E-state index contributed by atoms with van der Waals surface area (Å²) in [4.78, 5) is 0. The van der Waals surface area contributed by atoms with E-state index in [-0.39, 0.29) is 0 Å². The Bertz CT molecular complexity index is 327. The lowest BCUT2D eigenvalue weighted by atomic mass is 10.0. The number of hydrogen-bond acceptors (Lipinski definition) is 4. The second kappa shape index (κ2) is 5.80. The molecule has 0 fully saturated rings. The van der Waals surface area contributed by atoms with Crippen molar-refractivity contribution in [2.45, 2.75) is 25.4 Å². The van der Waals surface area contributed by atoms with Gasteiger partial charge in [0.05, 0.1) is 0 Å². The van der Waals surface area contributed by atoms with E-state index in [1.807, 2.05) is 38.1 Å². The predicted molar refractivity (Wildman–Crippen MR) is 69.2 cm³/mol. The van der Waals surface area contributed by atoms with Crippen molar-refractivity contribution in [2.24, 2.45) is 0 Å². The molecule has 1 aromatic carbocycles. The second-order valence-electron chi connectivity index (χ2n) is 4.29. The molecule has 0 heterocycles. The van der Waals surface area contributed by atoms with Crippen molar-refractivity contribution in [3.63, 3.8) is 0 Å². The van der Waals surface area contributed by atoms with Gasteiger partial charge < -0.3 is 18.9 Å². The van der Waals surface area contributed by atoms with Crippen molar-refractivity contribution in [3.8, 4) is 0 Å². The molecule has 102 valence electrons. The Kier molecular flexibility index (Phi) is 4.87. The first-order valence-electron chi connectivity index (χ1n) is 5.77. The molecule has 0 N–H and O–H groups in total. The molecular formula is C14H22O4. The second-order valence-corrected chi connectivity index (χ2v) is 4.29. The average Bonchev–Trinajstić information content (AvgIpc) is 2.45. The van der Waals surface area contributed by atoms with Gasteiger partial charge in [-0.15, -0.1) is 0 Å². The molecule has 0 unspecified atom stereocenters. The Labute approximate surface area is 109 Å². The lowest BCUT2D eigenvalue weighted by Crippen LogP contribution is -2.28. The largest absolute Gasteiger partial charge is 0.349 e. The number of methoxy groups -OCH3 is 4. The Morgan fingerprint density at radius 2 is 0.833 bits per heavy atom. The highest BCUT2D eigenvalue weighted by atomic mass is 16.7. The number of benzene rings is 1. The molecule has 0 aliphatic heterocycles. The van der Waals surface area contributed by atoms with Crippen LogP contribution in [-0.2, 0) is 30.5 Å². The topological polar surface area (TPSA) is 36.9 Å². The average molecular weight is 254 g/mol. The van der Waals surface area contributed by atoms with Crippen molar-refractivity contribution in [2.75, 3.05) is 28.4 Å². The molecule has 0 radical (unpaired) electrons. The zero-order valence-electron chi connectivity index (χ0n) is 11.9. The Morgan fingerprint density at radius 1 is 0.611 bits per heavy atom. The van der Waals surface area contributed by atoms with Crippen LogP contribution in [0.3, 0.4) is 0 Å². The van der Waals surface area contributed by atoms with Crippen molar-refractivity contribution in [1.29, 1.82) is 0 Å². The molecule has 0 aliphatic carbocycles. The van der Waals surface area contributed by atoms with Gasteiger partial charge in [0.2, 0.25) is 0 Å². The van der Waals surface area contributed by atoms with E-state index in [4.69, 9.17) is 18.9 Å². The van der Waals surface area contributed by atoms with Gasteiger partial charge in [0, 0.05) is 39.6 Å². The van der Waals surface area contributed by atoms with Crippen LogP contribution in [-0.4, -0.2) is 28.4 Å². The number of ether oxygens (including phenoxy) is 4. The van der Waals surface area contributed by atoms with Crippen LogP contribution in [0.1, 0.15) is 25.0 Å². The number of hydrogen-bond donors (Lipinski definition) is 0. The first kappa shape index (κ1) is 15.1. The van der Waals surface area contributed by atoms with Crippen molar-refractivity contribution >= 4 is 0 Å². The molecule has 0 aromatic heterocycles. The summed E-state index contributed by atoms with van der Waals surface area (Å²) >= 11 is 0. The minimum atomic E-state index is -0.741. The zero-order valence-corrected chi connectivity index (χ0v) is 11.9. The third-order valence-corrected chi connectivity index (χ3v) is 3.49. The molecule has 4 heteroatoms. The summed E-state index contributed by atoms with van der Waals surface area (Å²) in [6.45, 7) is 3.74. The van der Waals surface area contributed by atoms with Crippen LogP contribution in [0.4, 0.5) is 0 Å². The minimum Gasteiger partial charge on any atom is -0.349 e. The van der Waals surface area contributed by atoms with Crippen LogP contribution in [0.25, 0.3) is 0 Å². The molecule has 4 nitrogen and oxygen atoms in total. The highest BCUT2D eigenvalue weighted by Gasteiger charge is 2.28. The third-order valence-electron chi connectivity index (χ3n) is 3.49. The fraction of sp³-hybridized carbons (Fsp3) is 0.571. The quantitative estimate of drug-likeness (QED) is 0.731. The zero-order chi connectivity index (χ0) is 13.8. The standard InChI is InChI=1S/C14H22O4/c1-13(15-3,16-4)11-7-9-12(10-8-11)14(2,17-5)18-6/h7-10H,1-6H3. The SMILES string of the molecule is COC(C)(OC)c1ccc(C(C)(OC)OC)cc1. The fourth-order valence-corrected chi connectivity index (χ4v) is 1.71. The summed E-state index contributed by atoms with van der Waals surface area (Å²) in [5, 5.41) is 0. The highest BCUT2D eigenvalue weighted by molar-refractivity contribution is 5.28. The van der Waals surface area contributed by atoms with E-state index < -0.39 is 11.6 Å². The van der Waals surface area contributed by atoms with Crippen LogP contribution in [0, 0.1) is 0 Å². The van der Waals surface area contributed by atoms with Gasteiger partial charge in [-0.3, -0.25) is 0 Å². The van der Waals surface area contributed by atoms with Gasteiger partial charge in [0.1, 0.15) is 0 Å². The summed E-state index contributed by atoms with van der Waals surface area (Å²) in [5.74, 6) is -1.48. The molecule has 0 atom stereocenters. The van der Waals surface area contributed by atoms with Crippen LogP contribution >= 0.6 is 0 Å². The summed E-state index contributed by atoms with van der Waals surface area (Å²) in [6.07, 6.45) is 0. The Morgan fingerprint density at radius 3 is 1.00 bits per heavy atom. The van der Waals surface area contributed by atoms with Gasteiger partial charge >= 0.3 is 0 Å². The molecule has 18 heavy (non-hydrogen) atoms. The minimum absolute atomic E-state index is 0.741. The highest BCUT2D eigenvalue weighted by Crippen LogP contribution is 2.29. The predicted octanol–water partition coefficient (Wildman–Crippen LogP) is 2.62. The molecule has 0 bridgehead atoms. The van der Waals surface area contributed by atoms with E-state index in [9.17, 15) is 0 Å². The van der Waals surface area contributed by atoms with Crippen molar-refractivity contribution in [3.05, 3.63) is 35.4 Å². The molecular weight excluding hydrogens is 232 g/mol. The van der Waals surface area contributed by atoms with Crippen molar-refractivity contribution < 1.29 is 18.9 Å². The van der Waals surface area contributed by atoms with Crippen LogP contribution in [0.15, 0.2) is 24.3 Å². The summed E-state index contributed by atoms with van der Waals surface area (Å²) in [6, 6.07) is 7.77. The normalized spacial score (nSPS) is 12.8. The Balaban J connectivity index is 3.06. The van der Waals surface area contributed by atoms with Crippen LogP contribution in [0.5, 0.6) is 0 Å². The lowest BCUT2D eigenvalue weighted by Gasteiger charge is -2.29. The summed E-state index contributed by atoms with van der Waals surface area (Å²) in [7, 11) is 6.47. The van der Waals surface area contributed by atoms with E-state index in [0.717, 1.165) is 11.1 Å². The monoisotopic (exact) mass is 254 g/mol. The van der Waals surface area contributed by atoms with Gasteiger partial charge in [-0.25, -0.2) is 0 Å². The summed E-state index contributed by atoms with van der Waals surface area (Å²) in [5.41, 5.74) is 1.87. The molecule has 1 aromatic rings. The fourth-order valence-electron chi connectivity index (χ4n) is 1.71. The molecule has 1 rings (SSSR count). The third kappa shape index (κ3) is 2.72. The van der Waals surface area contributed by atoms with Crippen LogP contribution in [0.2, 0.25) is 0 Å². The van der Waals surface area contributed by atoms with Gasteiger partial charge in [-0.1, -0.05) is 24.3 Å². The van der Waals surface area contributed by atoms with E-state index in [1.165, 1.54) is 0 Å². The van der Waals surface area contributed by atoms with Gasteiger partial charge in [0.15, 0.2) is 11.6 Å². The first-order valence-corrected chi connectivity index (χ1v) is 5.77. The molecule has 0 saturated carbocycles. The maximum Gasteiger partial charge on any atom is 0.191 e. The summed E-state index contributed by atoms with van der Waals surface area (Å²) < 4.78 is 21.5. The molecule has 0 saturated heterocycles. The maximum atomic E-state index is 5.37. The van der Waals surface area contributed by atoms with E-state index in [1.54, 1.807) is 28.4 Å². The number of rotatable bonds is 6. The van der Waals surface area contributed by atoms with E-state index in [0.29, 0.717) is 0 Å². The lowest BCUT2D eigenvalue weighted by molar-refractivity contribution is -0.204. The van der Waals surface area contributed by atoms with Crippen molar-refractivity contribution in [1.82, 2.24) is 0 Å². The molecule has 0 aliphatic rings. The first-order chi connectivity index (χ1) is 8.45. The Hall–Kier alpha value is -0.940. The van der Waals surface area contributed by atoms with E-state index in [2.05, 4.69) is 0 Å². The van der Waals surface area contributed by atoms with Gasteiger partial charge in [-0.2, -0.15) is 0 Å². The molecule has 0 spiro atoms. The van der Waals surface area contributed by atoms with Crippen LogP contribution < -0.4 is 0 Å². The smallest absolute Gasteiger partial charge is 0.191 e. The van der Waals surface area contributed by atoms with Gasteiger partial charge in [-0.05, 0) is 13.8 Å². The van der Waals surface area contributed by atoms with E-state index >= 15 is 0 Å².